The molecule has 2 aromatic carbocycles. The number of nitrogen functional groups attached to an aromatic ring is 1. The van der Waals surface area contributed by atoms with Gasteiger partial charge in [-0.15, -0.1) is 0 Å². The van der Waals surface area contributed by atoms with Crippen molar-refractivity contribution in [3.8, 4) is 11.5 Å². The van der Waals surface area contributed by atoms with E-state index in [1.165, 1.54) is 0 Å². The number of halogens is 1. The molecule has 0 aromatic heterocycles. The summed E-state index contributed by atoms with van der Waals surface area (Å²) in [6, 6.07) is 10.0. The maximum absolute atomic E-state index is 12.5. The van der Waals surface area contributed by atoms with Crippen molar-refractivity contribution in [2.24, 2.45) is 0 Å². The van der Waals surface area contributed by atoms with Gasteiger partial charge in [0, 0.05) is 17.5 Å². The Bertz CT molecular complexity index is 700. The monoisotopic (exact) mass is 303 g/mol. The first kappa shape index (κ1) is 13.8. The van der Waals surface area contributed by atoms with Crippen LogP contribution in [0.15, 0.2) is 36.4 Å². The lowest BCUT2D eigenvalue weighted by molar-refractivity contribution is 0.103. The number of ketones is 1. The number of benzene rings is 2. The summed E-state index contributed by atoms with van der Waals surface area (Å²) in [5.41, 5.74) is 7.12. The van der Waals surface area contributed by atoms with Crippen LogP contribution in [-0.2, 0) is 0 Å². The Morgan fingerprint density at radius 3 is 2.43 bits per heavy atom. The van der Waals surface area contributed by atoms with E-state index in [-0.39, 0.29) is 5.78 Å². The first-order valence-corrected chi connectivity index (χ1v) is 7.02. The number of anilines is 1. The van der Waals surface area contributed by atoms with Gasteiger partial charge in [-0.05, 0) is 36.4 Å². The molecule has 2 aromatic rings. The minimum atomic E-state index is -0.132. The second-order valence-corrected chi connectivity index (χ2v) is 5.18. The zero-order valence-electron chi connectivity index (χ0n) is 11.3. The molecule has 2 N–H and O–H groups in total. The summed E-state index contributed by atoms with van der Waals surface area (Å²) in [4.78, 5) is 12.5. The highest BCUT2D eigenvalue weighted by atomic mass is 35.5. The molecule has 21 heavy (non-hydrogen) atoms. The number of fused-ring (bicyclic) bond motifs is 1. The minimum absolute atomic E-state index is 0.132. The van der Waals surface area contributed by atoms with E-state index < -0.39 is 0 Å². The quantitative estimate of drug-likeness (QED) is 0.683. The number of hydrogen-bond donors (Lipinski definition) is 1. The Kier molecular flexibility index (Phi) is 3.71. The van der Waals surface area contributed by atoms with Crippen molar-refractivity contribution in [3.05, 3.63) is 52.5 Å². The Hall–Kier alpha value is -2.20. The van der Waals surface area contributed by atoms with Crippen LogP contribution in [-0.4, -0.2) is 19.0 Å². The molecule has 0 fully saturated rings. The molecular formula is C16H14ClNO3. The predicted molar refractivity (Wildman–Crippen MR) is 81.3 cm³/mol. The number of hydrogen-bond acceptors (Lipinski definition) is 4. The third-order valence-corrected chi connectivity index (χ3v) is 3.60. The predicted octanol–water partition coefficient (Wildman–Crippen LogP) is 3.31. The van der Waals surface area contributed by atoms with E-state index in [1.807, 2.05) is 0 Å². The van der Waals surface area contributed by atoms with Crippen LogP contribution in [0.1, 0.15) is 22.3 Å². The van der Waals surface area contributed by atoms with Gasteiger partial charge in [0.2, 0.25) is 0 Å². The summed E-state index contributed by atoms with van der Waals surface area (Å²) in [7, 11) is 0. The van der Waals surface area contributed by atoms with Crippen molar-refractivity contribution in [2.75, 3.05) is 18.9 Å². The van der Waals surface area contributed by atoms with E-state index in [0.717, 1.165) is 6.42 Å². The van der Waals surface area contributed by atoms with Crippen LogP contribution in [0.5, 0.6) is 11.5 Å². The average Bonchev–Trinajstić information content (AvgIpc) is 2.73. The standard InChI is InChI=1S/C16H14ClNO3/c17-12-8-10(2-4-13(12)18)16(19)11-3-5-14-15(9-11)21-7-1-6-20-14/h2-5,8-9H,1,6-7,18H2. The molecule has 0 aliphatic carbocycles. The molecule has 0 unspecified atom stereocenters. The van der Waals surface area contributed by atoms with E-state index in [0.29, 0.717) is 46.5 Å². The number of carbonyl (C=O) groups excluding carboxylic acids is 1. The van der Waals surface area contributed by atoms with Gasteiger partial charge in [-0.3, -0.25) is 4.79 Å². The highest BCUT2D eigenvalue weighted by Gasteiger charge is 2.16. The third kappa shape index (κ3) is 2.81. The van der Waals surface area contributed by atoms with Crippen molar-refractivity contribution >= 4 is 23.1 Å². The highest BCUT2D eigenvalue weighted by molar-refractivity contribution is 6.33. The summed E-state index contributed by atoms with van der Waals surface area (Å²) in [5, 5.41) is 0.371. The summed E-state index contributed by atoms with van der Waals surface area (Å²) < 4.78 is 11.1. The molecule has 0 spiro atoms. The van der Waals surface area contributed by atoms with Gasteiger partial charge in [-0.2, -0.15) is 0 Å². The Morgan fingerprint density at radius 1 is 1.00 bits per heavy atom. The van der Waals surface area contributed by atoms with E-state index in [2.05, 4.69) is 0 Å². The Morgan fingerprint density at radius 2 is 1.67 bits per heavy atom. The summed E-state index contributed by atoms with van der Waals surface area (Å²) >= 11 is 5.96. The third-order valence-electron chi connectivity index (χ3n) is 3.27. The van der Waals surface area contributed by atoms with Gasteiger partial charge in [0.1, 0.15) is 0 Å². The second-order valence-electron chi connectivity index (χ2n) is 4.78. The smallest absolute Gasteiger partial charge is 0.193 e. The molecule has 0 atom stereocenters. The molecular weight excluding hydrogens is 290 g/mol. The maximum Gasteiger partial charge on any atom is 0.193 e. The lowest BCUT2D eigenvalue weighted by Crippen LogP contribution is -2.03. The molecule has 0 amide bonds. The first-order valence-electron chi connectivity index (χ1n) is 6.64. The Labute approximate surface area is 127 Å². The second kappa shape index (κ2) is 5.66. The van der Waals surface area contributed by atoms with Gasteiger partial charge in [0.15, 0.2) is 17.3 Å². The number of nitrogens with two attached hydrogens (primary N) is 1. The van der Waals surface area contributed by atoms with Crippen LogP contribution >= 0.6 is 11.6 Å². The highest BCUT2D eigenvalue weighted by Crippen LogP contribution is 2.31. The van der Waals surface area contributed by atoms with Crippen LogP contribution in [0.4, 0.5) is 5.69 Å². The fourth-order valence-electron chi connectivity index (χ4n) is 2.14. The topological polar surface area (TPSA) is 61.6 Å². The first-order chi connectivity index (χ1) is 10.1. The van der Waals surface area contributed by atoms with Crippen molar-refractivity contribution in [1.82, 2.24) is 0 Å². The van der Waals surface area contributed by atoms with Gasteiger partial charge in [0.25, 0.3) is 0 Å². The van der Waals surface area contributed by atoms with E-state index in [9.17, 15) is 4.79 Å². The minimum Gasteiger partial charge on any atom is -0.490 e. The Balaban J connectivity index is 1.94. The lowest BCUT2D eigenvalue weighted by atomic mass is 10.0. The molecule has 1 aliphatic rings. The van der Waals surface area contributed by atoms with Gasteiger partial charge in [-0.1, -0.05) is 11.6 Å². The average molecular weight is 304 g/mol. The van der Waals surface area contributed by atoms with Gasteiger partial charge >= 0.3 is 0 Å². The fraction of sp³-hybridized carbons (Fsp3) is 0.188. The summed E-state index contributed by atoms with van der Waals surface area (Å²) in [6.45, 7) is 1.20. The molecule has 0 bridgehead atoms. The summed E-state index contributed by atoms with van der Waals surface area (Å²) in [5.74, 6) is 1.13. The molecule has 1 aliphatic heterocycles. The van der Waals surface area contributed by atoms with Crippen molar-refractivity contribution in [3.63, 3.8) is 0 Å². The largest absolute Gasteiger partial charge is 0.490 e. The van der Waals surface area contributed by atoms with Crippen LogP contribution in [0, 0.1) is 0 Å². The zero-order chi connectivity index (χ0) is 14.8. The molecule has 0 saturated heterocycles. The SMILES string of the molecule is Nc1ccc(C(=O)c2ccc3c(c2)OCCCO3)cc1Cl. The van der Waals surface area contributed by atoms with E-state index in [4.69, 9.17) is 26.8 Å². The van der Waals surface area contributed by atoms with Crippen LogP contribution < -0.4 is 15.2 Å². The van der Waals surface area contributed by atoms with Crippen molar-refractivity contribution in [1.29, 1.82) is 0 Å². The van der Waals surface area contributed by atoms with Gasteiger partial charge < -0.3 is 15.2 Å². The van der Waals surface area contributed by atoms with Crippen molar-refractivity contribution in [2.45, 2.75) is 6.42 Å². The van der Waals surface area contributed by atoms with Crippen molar-refractivity contribution < 1.29 is 14.3 Å². The van der Waals surface area contributed by atoms with Gasteiger partial charge in [0.05, 0.1) is 23.9 Å². The maximum atomic E-state index is 12.5. The molecule has 4 nitrogen and oxygen atoms in total. The van der Waals surface area contributed by atoms with E-state index >= 15 is 0 Å². The molecule has 0 saturated carbocycles. The summed E-state index contributed by atoms with van der Waals surface area (Å²) in [6.07, 6.45) is 0.825. The van der Waals surface area contributed by atoms with Crippen LogP contribution in [0.3, 0.4) is 0 Å². The molecule has 108 valence electrons. The zero-order valence-corrected chi connectivity index (χ0v) is 12.0. The van der Waals surface area contributed by atoms with E-state index in [1.54, 1.807) is 36.4 Å². The normalized spacial score (nSPS) is 13.6. The number of ether oxygens (including phenoxy) is 2. The fourth-order valence-corrected chi connectivity index (χ4v) is 2.32. The van der Waals surface area contributed by atoms with Gasteiger partial charge in [-0.25, -0.2) is 0 Å². The van der Waals surface area contributed by atoms with Crippen LogP contribution in [0.25, 0.3) is 0 Å². The molecule has 1 heterocycles. The molecule has 0 radical (unpaired) electrons. The molecule has 3 rings (SSSR count). The van der Waals surface area contributed by atoms with Crippen LogP contribution in [0.2, 0.25) is 5.02 Å². The molecule has 5 heteroatoms. The lowest BCUT2D eigenvalue weighted by Gasteiger charge is -2.09. The number of carbonyl (C=O) groups is 1. The number of rotatable bonds is 2.